The SMILES string of the molecule is COC(=O)c1occc1CNCc1ccnc(C)n1. The monoisotopic (exact) mass is 261 g/mol. The first-order valence-electron chi connectivity index (χ1n) is 5.84. The van der Waals surface area contributed by atoms with Crippen molar-refractivity contribution in [2.75, 3.05) is 7.11 Å². The zero-order valence-corrected chi connectivity index (χ0v) is 10.8. The Morgan fingerprint density at radius 2 is 2.26 bits per heavy atom. The molecule has 2 aromatic rings. The number of methoxy groups -OCH3 is 1. The zero-order chi connectivity index (χ0) is 13.7. The van der Waals surface area contributed by atoms with E-state index in [1.807, 2.05) is 13.0 Å². The van der Waals surface area contributed by atoms with Crippen LogP contribution in [-0.2, 0) is 17.8 Å². The number of nitrogens with one attached hydrogen (secondary N) is 1. The molecule has 100 valence electrons. The minimum atomic E-state index is -0.473. The predicted octanol–water partition coefficient (Wildman–Crippen LogP) is 1.45. The summed E-state index contributed by atoms with van der Waals surface area (Å²) >= 11 is 0. The lowest BCUT2D eigenvalue weighted by molar-refractivity contribution is 0.0563. The number of nitrogens with zero attached hydrogens (tertiary/aromatic N) is 2. The van der Waals surface area contributed by atoms with Crippen LogP contribution in [0.1, 0.15) is 27.6 Å². The quantitative estimate of drug-likeness (QED) is 0.821. The lowest BCUT2D eigenvalue weighted by Gasteiger charge is -2.04. The number of carbonyl (C=O) groups is 1. The van der Waals surface area contributed by atoms with Crippen LogP contribution in [0.4, 0.5) is 0 Å². The van der Waals surface area contributed by atoms with Gasteiger partial charge in [0.05, 0.1) is 19.1 Å². The van der Waals surface area contributed by atoms with Crippen LogP contribution in [0.15, 0.2) is 29.0 Å². The average Bonchev–Trinajstić information content (AvgIpc) is 2.86. The molecule has 0 radical (unpaired) electrons. The zero-order valence-electron chi connectivity index (χ0n) is 10.8. The largest absolute Gasteiger partial charge is 0.463 e. The lowest BCUT2D eigenvalue weighted by Crippen LogP contribution is -2.16. The van der Waals surface area contributed by atoms with E-state index >= 15 is 0 Å². The van der Waals surface area contributed by atoms with E-state index in [0.29, 0.717) is 13.1 Å². The van der Waals surface area contributed by atoms with E-state index in [0.717, 1.165) is 17.1 Å². The fourth-order valence-corrected chi connectivity index (χ4v) is 1.68. The van der Waals surface area contributed by atoms with Crippen molar-refractivity contribution in [3.63, 3.8) is 0 Å². The van der Waals surface area contributed by atoms with Gasteiger partial charge in [0, 0.05) is 24.8 Å². The second-order valence-electron chi connectivity index (χ2n) is 3.97. The first-order valence-corrected chi connectivity index (χ1v) is 5.84. The van der Waals surface area contributed by atoms with Crippen LogP contribution in [0, 0.1) is 6.92 Å². The summed E-state index contributed by atoms with van der Waals surface area (Å²) in [6.07, 6.45) is 3.19. The van der Waals surface area contributed by atoms with Gasteiger partial charge in [-0.3, -0.25) is 0 Å². The molecule has 2 heterocycles. The Balaban J connectivity index is 1.93. The molecule has 19 heavy (non-hydrogen) atoms. The fourth-order valence-electron chi connectivity index (χ4n) is 1.68. The standard InChI is InChI=1S/C13H15N3O3/c1-9-15-5-3-11(16-9)8-14-7-10-4-6-19-12(10)13(17)18-2/h3-6,14H,7-8H2,1-2H3. The van der Waals surface area contributed by atoms with Gasteiger partial charge in [0.1, 0.15) is 5.82 Å². The molecule has 0 spiro atoms. The van der Waals surface area contributed by atoms with Crippen molar-refractivity contribution in [3.05, 3.63) is 47.4 Å². The van der Waals surface area contributed by atoms with E-state index in [9.17, 15) is 4.79 Å². The summed E-state index contributed by atoms with van der Waals surface area (Å²) in [6, 6.07) is 3.58. The fraction of sp³-hybridized carbons (Fsp3) is 0.308. The van der Waals surface area contributed by atoms with Crippen molar-refractivity contribution in [2.45, 2.75) is 20.0 Å². The molecule has 0 saturated carbocycles. The van der Waals surface area contributed by atoms with Gasteiger partial charge in [0.15, 0.2) is 0 Å². The van der Waals surface area contributed by atoms with Gasteiger partial charge in [-0.2, -0.15) is 0 Å². The molecule has 2 aromatic heterocycles. The van der Waals surface area contributed by atoms with Gasteiger partial charge < -0.3 is 14.5 Å². The van der Waals surface area contributed by atoms with E-state index < -0.39 is 5.97 Å². The second kappa shape index (κ2) is 6.10. The Morgan fingerprint density at radius 3 is 3.00 bits per heavy atom. The Kier molecular flexibility index (Phi) is 4.25. The minimum absolute atomic E-state index is 0.230. The molecule has 0 aliphatic heterocycles. The third kappa shape index (κ3) is 3.38. The number of carbonyl (C=O) groups excluding carboxylic acids is 1. The van der Waals surface area contributed by atoms with Crippen molar-refractivity contribution in [3.8, 4) is 0 Å². The van der Waals surface area contributed by atoms with E-state index in [1.54, 1.807) is 12.3 Å². The summed E-state index contributed by atoms with van der Waals surface area (Å²) in [5.74, 6) is 0.492. The number of aromatic nitrogens is 2. The Labute approximate surface area is 110 Å². The third-order valence-corrected chi connectivity index (χ3v) is 2.57. The number of ether oxygens (including phenoxy) is 1. The molecule has 0 aromatic carbocycles. The molecule has 0 aliphatic rings. The number of furan rings is 1. The summed E-state index contributed by atoms with van der Waals surface area (Å²) in [7, 11) is 1.33. The number of aryl methyl sites for hydroxylation is 1. The maximum Gasteiger partial charge on any atom is 0.374 e. The average molecular weight is 261 g/mol. The highest BCUT2D eigenvalue weighted by Gasteiger charge is 2.15. The van der Waals surface area contributed by atoms with Gasteiger partial charge in [-0.05, 0) is 19.1 Å². The Morgan fingerprint density at radius 1 is 1.42 bits per heavy atom. The van der Waals surface area contributed by atoms with Crippen LogP contribution in [-0.4, -0.2) is 23.0 Å². The summed E-state index contributed by atoms with van der Waals surface area (Å²) in [5.41, 5.74) is 1.66. The second-order valence-corrected chi connectivity index (χ2v) is 3.97. The van der Waals surface area contributed by atoms with Crippen molar-refractivity contribution in [2.24, 2.45) is 0 Å². The van der Waals surface area contributed by atoms with Gasteiger partial charge in [-0.1, -0.05) is 0 Å². The summed E-state index contributed by atoms with van der Waals surface area (Å²) in [6.45, 7) is 2.94. The molecule has 0 unspecified atom stereocenters. The number of hydrogen-bond acceptors (Lipinski definition) is 6. The van der Waals surface area contributed by atoms with Crippen LogP contribution in [0.2, 0.25) is 0 Å². The minimum Gasteiger partial charge on any atom is -0.463 e. The highest BCUT2D eigenvalue weighted by molar-refractivity contribution is 5.87. The van der Waals surface area contributed by atoms with Gasteiger partial charge in [-0.15, -0.1) is 0 Å². The maximum atomic E-state index is 11.4. The van der Waals surface area contributed by atoms with Gasteiger partial charge in [0.25, 0.3) is 0 Å². The Hall–Kier alpha value is -2.21. The molecule has 0 bridgehead atoms. The summed E-state index contributed by atoms with van der Waals surface area (Å²) < 4.78 is 9.73. The van der Waals surface area contributed by atoms with Gasteiger partial charge >= 0.3 is 5.97 Å². The molecule has 6 heteroatoms. The first-order chi connectivity index (χ1) is 9.20. The van der Waals surface area contributed by atoms with Crippen LogP contribution >= 0.6 is 0 Å². The lowest BCUT2D eigenvalue weighted by atomic mass is 10.2. The Bertz CT molecular complexity index is 566. The van der Waals surface area contributed by atoms with Crippen LogP contribution in [0.5, 0.6) is 0 Å². The van der Waals surface area contributed by atoms with E-state index in [1.165, 1.54) is 13.4 Å². The molecule has 0 saturated heterocycles. The van der Waals surface area contributed by atoms with E-state index in [4.69, 9.17) is 4.42 Å². The van der Waals surface area contributed by atoms with Gasteiger partial charge in [-0.25, -0.2) is 14.8 Å². The smallest absolute Gasteiger partial charge is 0.374 e. The third-order valence-electron chi connectivity index (χ3n) is 2.57. The van der Waals surface area contributed by atoms with Crippen LogP contribution < -0.4 is 5.32 Å². The van der Waals surface area contributed by atoms with E-state index in [2.05, 4.69) is 20.0 Å². The van der Waals surface area contributed by atoms with Crippen LogP contribution in [0.25, 0.3) is 0 Å². The predicted molar refractivity (Wildman–Crippen MR) is 67.4 cm³/mol. The van der Waals surface area contributed by atoms with Gasteiger partial charge in [0.2, 0.25) is 5.76 Å². The van der Waals surface area contributed by atoms with Crippen molar-refractivity contribution in [1.29, 1.82) is 0 Å². The summed E-state index contributed by atoms with van der Waals surface area (Å²) in [4.78, 5) is 19.7. The maximum absolute atomic E-state index is 11.4. The highest BCUT2D eigenvalue weighted by atomic mass is 16.5. The number of hydrogen-bond donors (Lipinski definition) is 1. The van der Waals surface area contributed by atoms with Crippen molar-refractivity contribution in [1.82, 2.24) is 15.3 Å². The molecule has 1 N–H and O–H groups in total. The van der Waals surface area contributed by atoms with Crippen molar-refractivity contribution < 1.29 is 13.9 Å². The normalized spacial score (nSPS) is 10.4. The molecule has 0 amide bonds. The molecule has 0 atom stereocenters. The first kappa shape index (κ1) is 13.2. The molecule has 0 fully saturated rings. The van der Waals surface area contributed by atoms with E-state index in [-0.39, 0.29) is 5.76 Å². The topological polar surface area (TPSA) is 77.2 Å². The molecular weight excluding hydrogens is 246 g/mol. The molecule has 2 rings (SSSR count). The van der Waals surface area contributed by atoms with Crippen LogP contribution in [0.3, 0.4) is 0 Å². The molecule has 0 aliphatic carbocycles. The number of rotatable bonds is 5. The van der Waals surface area contributed by atoms with Crippen molar-refractivity contribution >= 4 is 5.97 Å². The number of esters is 1. The molecular formula is C13H15N3O3. The highest BCUT2D eigenvalue weighted by Crippen LogP contribution is 2.11. The summed E-state index contributed by atoms with van der Waals surface area (Å²) in [5, 5.41) is 3.19. The molecule has 6 nitrogen and oxygen atoms in total.